The molecule has 2 heterocycles. The van der Waals surface area contributed by atoms with Gasteiger partial charge in [0.2, 0.25) is 11.8 Å². The zero-order valence-corrected chi connectivity index (χ0v) is 21.6. The summed E-state index contributed by atoms with van der Waals surface area (Å²) in [6.45, 7) is 3.94. The van der Waals surface area contributed by atoms with E-state index in [0.29, 0.717) is 28.1 Å². The summed E-state index contributed by atoms with van der Waals surface area (Å²) in [6.07, 6.45) is 2.93. The van der Waals surface area contributed by atoms with E-state index in [0.717, 1.165) is 33.4 Å². The van der Waals surface area contributed by atoms with Crippen molar-refractivity contribution in [3.05, 3.63) is 101 Å². The van der Waals surface area contributed by atoms with Crippen molar-refractivity contribution in [2.24, 2.45) is 0 Å². The van der Waals surface area contributed by atoms with Crippen LogP contribution >= 0.6 is 23.8 Å². The summed E-state index contributed by atoms with van der Waals surface area (Å²) < 4.78 is 11.7. The van der Waals surface area contributed by atoms with Crippen molar-refractivity contribution in [3.8, 4) is 22.8 Å². The topological polar surface area (TPSA) is 80.3 Å². The van der Waals surface area contributed by atoms with Crippen LogP contribution in [0, 0.1) is 13.8 Å². The van der Waals surface area contributed by atoms with Crippen molar-refractivity contribution in [1.82, 2.24) is 10.3 Å². The van der Waals surface area contributed by atoms with E-state index in [1.807, 2.05) is 80.6 Å². The molecule has 184 valence electrons. The highest BCUT2D eigenvalue weighted by atomic mass is 35.5. The van der Waals surface area contributed by atoms with Gasteiger partial charge in [-0.2, -0.15) is 0 Å². The minimum Gasteiger partial charge on any atom is -0.457 e. The molecule has 0 bridgehead atoms. The van der Waals surface area contributed by atoms with Gasteiger partial charge in [0, 0.05) is 27.9 Å². The number of nitrogens with one attached hydrogen (secondary N) is 2. The number of hydrogen-bond acceptors (Lipinski definition) is 5. The highest BCUT2D eigenvalue weighted by molar-refractivity contribution is 7.80. The van der Waals surface area contributed by atoms with E-state index >= 15 is 0 Å². The van der Waals surface area contributed by atoms with Crippen LogP contribution in [0.15, 0.2) is 87.7 Å². The minimum absolute atomic E-state index is 0.162. The van der Waals surface area contributed by atoms with Gasteiger partial charge in [-0.1, -0.05) is 35.9 Å². The molecule has 6 nitrogen and oxygen atoms in total. The molecule has 5 aromatic rings. The number of aryl methyl sites for hydroxylation is 2. The second-order valence-corrected chi connectivity index (χ2v) is 9.33. The van der Waals surface area contributed by atoms with E-state index in [1.165, 1.54) is 6.08 Å². The average molecular weight is 528 g/mol. The second-order valence-electron chi connectivity index (χ2n) is 8.51. The quantitative estimate of drug-likeness (QED) is 0.181. The fourth-order valence-electron chi connectivity index (χ4n) is 3.70. The standard InChI is InChI=1S/C29H22ClN3O3S/c1-17-6-11-24-26(14-17)36-28(32-24)20-4-3-5-21(15-20)31-29(37)33-27(34)13-10-22-9-12-25(35-22)19-8-7-18(2)23(30)16-19/h3-16H,1-2H3,(H2,31,33,34,37)/b13-10+. The number of nitrogens with zero attached hydrogens (tertiary/aromatic N) is 1. The van der Waals surface area contributed by atoms with Gasteiger partial charge in [-0.05, 0) is 91.8 Å². The Kier molecular flexibility index (Phi) is 6.90. The summed E-state index contributed by atoms with van der Waals surface area (Å²) in [7, 11) is 0. The number of carbonyl (C=O) groups excluding carboxylic acids is 1. The van der Waals surface area contributed by atoms with Crippen molar-refractivity contribution in [1.29, 1.82) is 0 Å². The second kappa shape index (κ2) is 10.4. The van der Waals surface area contributed by atoms with E-state index in [4.69, 9.17) is 32.7 Å². The number of halogens is 1. The van der Waals surface area contributed by atoms with Gasteiger partial charge < -0.3 is 14.2 Å². The van der Waals surface area contributed by atoms with Crippen LogP contribution in [0.25, 0.3) is 40.0 Å². The first-order valence-corrected chi connectivity index (χ1v) is 12.3. The first kappa shape index (κ1) is 24.5. The summed E-state index contributed by atoms with van der Waals surface area (Å²) in [5.74, 6) is 1.31. The molecule has 5 rings (SSSR count). The predicted octanol–water partition coefficient (Wildman–Crippen LogP) is 7.55. The van der Waals surface area contributed by atoms with E-state index in [-0.39, 0.29) is 11.0 Å². The lowest BCUT2D eigenvalue weighted by atomic mass is 10.1. The van der Waals surface area contributed by atoms with Gasteiger partial charge in [-0.25, -0.2) is 4.98 Å². The average Bonchev–Trinajstić information content (AvgIpc) is 3.51. The largest absolute Gasteiger partial charge is 0.457 e. The van der Waals surface area contributed by atoms with E-state index < -0.39 is 0 Å². The van der Waals surface area contributed by atoms with Crippen molar-refractivity contribution >= 4 is 57.7 Å². The van der Waals surface area contributed by atoms with Gasteiger partial charge in [0.25, 0.3) is 0 Å². The number of fused-ring (bicyclic) bond motifs is 1. The predicted molar refractivity (Wildman–Crippen MR) is 151 cm³/mol. The van der Waals surface area contributed by atoms with Crippen LogP contribution in [0.3, 0.4) is 0 Å². The fourth-order valence-corrected chi connectivity index (χ4v) is 4.10. The van der Waals surface area contributed by atoms with Gasteiger partial charge in [-0.3, -0.25) is 10.1 Å². The van der Waals surface area contributed by atoms with Gasteiger partial charge in [-0.15, -0.1) is 0 Å². The van der Waals surface area contributed by atoms with Crippen LogP contribution in [0.2, 0.25) is 5.02 Å². The van der Waals surface area contributed by atoms with Crippen molar-refractivity contribution in [2.45, 2.75) is 13.8 Å². The van der Waals surface area contributed by atoms with Gasteiger partial charge in [0.1, 0.15) is 17.0 Å². The third-order valence-electron chi connectivity index (χ3n) is 5.63. The number of hydrogen-bond donors (Lipinski definition) is 2. The third-order valence-corrected chi connectivity index (χ3v) is 6.24. The Labute approximate surface area is 224 Å². The van der Waals surface area contributed by atoms with Gasteiger partial charge >= 0.3 is 0 Å². The maximum absolute atomic E-state index is 12.4. The number of rotatable bonds is 5. The molecule has 0 unspecified atom stereocenters. The van der Waals surface area contributed by atoms with E-state index in [9.17, 15) is 4.79 Å². The monoisotopic (exact) mass is 527 g/mol. The third kappa shape index (κ3) is 5.80. The minimum atomic E-state index is -0.390. The first-order chi connectivity index (χ1) is 17.8. The summed E-state index contributed by atoms with van der Waals surface area (Å²) in [4.78, 5) is 16.9. The lowest BCUT2D eigenvalue weighted by Crippen LogP contribution is -2.32. The number of oxazole rings is 1. The van der Waals surface area contributed by atoms with Crippen LogP contribution in [0.5, 0.6) is 0 Å². The van der Waals surface area contributed by atoms with Crippen LogP contribution in [0.1, 0.15) is 16.9 Å². The highest BCUT2D eigenvalue weighted by Gasteiger charge is 2.10. The Bertz CT molecular complexity index is 1670. The molecule has 1 amide bonds. The molecule has 2 N–H and O–H groups in total. The van der Waals surface area contributed by atoms with Crippen LogP contribution in [-0.2, 0) is 4.79 Å². The molecule has 0 aliphatic heterocycles. The fraction of sp³-hybridized carbons (Fsp3) is 0.0690. The number of anilines is 1. The highest BCUT2D eigenvalue weighted by Crippen LogP contribution is 2.28. The van der Waals surface area contributed by atoms with Crippen molar-refractivity contribution in [2.75, 3.05) is 5.32 Å². The van der Waals surface area contributed by atoms with Crippen LogP contribution < -0.4 is 10.6 Å². The maximum atomic E-state index is 12.4. The molecule has 3 aromatic carbocycles. The molecular weight excluding hydrogens is 506 g/mol. The lowest BCUT2D eigenvalue weighted by Gasteiger charge is -2.08. The SMILES string of the molecule is Cc1ccc2nc(-c3cccc(NC(=S)NC(=O)/C=C/c4ccc(-c5ccc(C)c(Cl)c5)o4)c3)oc2c1. The zero-order valence-electron chi connectivity index (χ0n) is 20.0. The normalized spacial score (nSPS) is 11.2. The molecule has 37 heavy (non-hydrogen) atoms. The molecule has 0 spiro atoms. The lowest BCUT2D eigenvalue weighted by molar-refractivity contribution is -0.115. The number of thiocarbonyl (C=S) groups is 1. The van der Waals surface area contributed by atoms with Crippen LogP contribution in [0.4, 0.5) is 5.69 Å². The Morgan fingerprint density at radius 2 is 1.84 bits per heavy atom. The molecule has 0 aliphatic carbocycles. The number of amides is 1. The molecule has 2 aromatic heterocycles. The van der Waals surface area contributed by atoms with Crippen molar-refractivity contribution < 1.29 is 13.6 Å². The number of furan rings is 1. The summed E-state index contributed by atoms with van der Waals surface area (Å²) in [5, 5.41) is 6.48. The molecule has 0 aliphatic rings. The maximum Gasteiger partial charge on any atom is 0.250 e. The van der Waals surface area contributed by atoms with E-state index in [2.05, 4.69) is 15.6 Å². The van der Waals surface area contributed by atoms with Gasteiger partial charge in [0.15, 0.2) is 10.7 Å². The van der Waals surface area contributed by atoms with Crippen LogP contribution in [-0.4, -0.2) is 16.0 Å². The number of benzene rings is 3. The zero-order chi connectivity index (χ0) is 25.9. The van der Waals surface area contributed by atoms with E-state index in [1.54, 1.807) is 12.1 Å². The Morgan fingerprint density at radius 3 is 2.68 bits per heavy atom. The number of carbonyl (C=O) groups is 1. The molecular formula is C29H22ClN3O3S. The Hall–Kier alpha value is -4.20. The Morgan fingerprint density at radius 1 is 0.973 bits per heavy atom. The molecule has 0 saturated heterocycles. The first-order valence-electron chi connectivity index (χ1n) is 11.5. The summed E-state index contributed by atoms with van der Waals surface area (Å²) >= 11 is 11.5. The summed E-state index contributed by atoms with van der Waals surface area (Å²) in [6, 6.07) is 22.6. The smallest absolute Gasteiger partial charge is 0.250 e. The van der Waals surface area contributed by atoms with Gasteiger partial charge in [0.05, 0.1) is 0 Å². The molecule has 0 fully saturated rings. The molecule has 8 heteroatoms. The molecule has 0 radical (unpaired) electrons. The summed E-state index contributed by atoms with van der Waals surface area (Å²) in [5.41, 5.74) is 5.96. The molecule has 0 atom stereocenters. The Balaban J connectivity index is 1.20. The number of aromatic nitrogens is 1. The molecule has 0 saturated carbocycles. The van der Waals surface area contributed by atoms with Crippen molar-refractivity contribution in [3.63, 3.8) is 0 Å².